The van der Waals surface area contributed by atoms with Crippen molar-refractivity contribution in [2.24, 2.45) is 5.92 Å². The van der Waals surface area contributed by atoms with Gasteiger partial charge in [0.05, 0.1) is 32.5 Å². The number of ether oxygens (including phenoxy) is 2. The molecular formula is C30H36N2O6S. The lowest BCUT2D eigenvalue weighted by Crippen LogP contribution is -2.47. The highest BCUT2D eigenvalue weighted by atomic mass is 32.2. The van der Waals surface area contributed by atoms with E-state index in [1.54, 1.807) is 36.1 Å². The molecule has 39 heavy (non-hydrogen) atoms. The Hall–Kier alpha value is -3.24. The molecule has 1 aliphatic heterocycles. The number of nitrogens with zero attached hydrogens (tertiary/aromatic N) is 2. The molecule has 0 saturated heterocycles. The summed E-state index contributed by atoms with van der Waals surface area (Å²) in [5.74, 6) is -0.180. The Morgan fingerprint density at radius 2 is 1.64 bits per heavy atom. The maximum atomic E-state index is 13.9. The molecule has 3 aromatic carbocycles. The van der Waals surface area contributed by atoms with Crippen molar-refractivity contribution < 1.29 is 27.8 Å². The SMILES string of the molecule is COc1ccccc1S(=O)(=O)N(C)C[C@@H]1OCc2ccccc2-c2ccccc2C(=O)N([C@@H](C)CO)C[C@@H]1C. The highest BCUT2D eigenvalue weighted by Crippen LogP contribution is 2.32. The number of hydrogen-bond donors (Lipinski definition) is 1. The smallest absolute Gasteiger partial charge is 0.254 e. The zero-order valence-electron chi connectivity index (χ0n) is 22.8. The number of aliphatic hydroxyl groups is 1. The molecule has 3 atom stereocenters. The van der Waals surface area contributed by atoms with Gasteiger partial charge >= 0.3 is 0 Å². The van der Waals surface area contributed by atoms with Crippen molar-refractivity contribution in [1.29, 1.82) is 0 Å². The molecule has 0 fully saturated rings. The molecule has 0 spiro atoms. The molecule has 1 aliphatic rings. The molecule has 0 unspecified atom stereocenters. The van der Waals surface area contributed by atoms with E-state index in [9.17, 15) is 18.3 Å². The van der Waals surface area contributed by atoms with Crippen LogP contribution in [0.2, 0.25) is 0 Å². The summed E-state index contributed by atoms with van der Waals surface area (Å²) >= 11 is 0. The van der Waals surface area contributed by atoms with Gasteiger partial charge in [0.1, 0.15) is 10.6 Å². The summed E-state index contributed by atoms with van der Waals surface area (Å²) in [6.45, 7) is 4.12. The number of carbonyl (C=O) groups excluding carboxylic acids is 1. The Labute approximate surface area is 230 Å². The number of fused-ring (bicyclic) bond motifs is 3. The van der Waals surface area contributed by atoms with Crippen LogP contribution in [0.1, 0.15) is 29.8 Å². The van der Waals surface area contributed by atoms with Crippen LogP contribution in [0.3, 0.4) is 0 Å². The van der Waals surface area contributed by atoms with Gasteiger partial charge in [0.2, 0.25) is 10.0 Å². The zero-order chi connectivity index (χ0) is 28.2. The van der Waals surface area contributed by atoms with Crippen molar-refractivity contribution in [3.05, 3.63) is 83.9 Å². The van der Waals surface area contributed by atoms with Crippen LogP contribution < -0.4 is 4.74 Å². The third-order valence-corrected chi connectivity index (χ3v) is 9.15. The van der Waals surface area contributed by atoms with Crippen LogP contribution in [0.15, 0.2) is 77.7 Å². The molecule has 0 saturated carbocycles. The molecule has 1 N–H and O–H groups in total. The fourth-order valence-corrected chi connectivity index (χ4v) is 6.24. The normalized spacial score (nSPS) is 19.1. The van der Waals surface area contributed by atoms with E-state index < -0.39 is 22.2 Å². The van der Waals surface area contributed by atoms with Crippen molar-refractivity contribution in [2.75, 3.05) is 33.9 Å². The standard InChI is InChI=1S/C30H36N2O6S/c1-21-17-32(22(2)19-33)30(34)26-14-8-7-13-25(26)24-12-6-5-11-23(24)20-38-28(21)18-31(3)39(35,36)29-16-10-9-15-27(29)37-4/h5-16,21-22,28,33H,17-20H2,1-4H3/t21-,22-,28-/m0/s1. The third-order valence-electron chi connectivity index (χ3n) is 7.29. The van der Waals surface area contributed by atoms with E-state index in [2.05, 4.69) is 0 Å². The first kappa shape index (κ1) is 28.8. The summed E-state index contributed by atoms with van der Waals surface area (Å²) in [7, 11) is -0.933. The van der Waals surface area contributed by atoms with Crippen LogP contribution in [0, 0.1) is 5.92 Å². The molecule has 0 aliphatic carbocycles. The van der Waals surface area contributed by atoms with Crippen LogP contribution in [-0.4, -0.2) is 74.6 Å². The third kappa shape index (κ3) is 6.01. The number of para-hydroxylation sites is 1. The number of sulfonamides is 1. The van der Waals surface area contributed by atoms with Crippen LogP contribution in [-0.2, 0) is 21.4 Å². The van der Waals surface area contributed by atoms with Gasteiger partial charge in [-0.05, 0) is 41.8 Å². The van der Waals surface area contributed by atoms with Crippen molar-refractivity contribution >= 4 is 15.9 Å². The summed E-state index contributed by atoms with van der Waals surface area (Å²) in [4.78, 5) is 15.7. The molecular weight excluding hydrogens is 516 g/mol. The number of methoxy groups -OCH3 is 1. The van der Waals surface area contributed by atoms with Gasteiger partial charge in [0.15, 0.2) is 0 Å². The average molecular weight is 553 g/mol. The fourth-order valence-electron chi connectivity index (χ4n) is 4.90. The van der Waals surface area contributed by atoms with Crippen molar-refractivity contribution in [3.63, 3.8) is 0 Å². The van der Waals surface area contributed by atoms with Crippen LogP contribution in [0.5, 0.6) is 5.75 Å². The summed E-state index contributed by atoms with van der Waals surface area (Å²) in [5, 5.41) is 10.0. The summed E-state index contributed by atoms with van der Waals surface area (Å²) in [6.07, 6.45) is -0.546. The number of hydrogen-bond acceptors (Lipinski definition) is 6. The molecule has 9 heteroatoms. The van der Waals surface area contributed by atoms with Crippen molar-refractivity contribution in [2.45, 2.75) is 37.5 Å². The molecule has 0 aromatic heterocycles. The topological polar surface area (TPSA) is 96.4 Å². The minimum absolute atomic E-state index is 0.0617. The first-order valence-electron chi connectivity index (χ1n) is 13.0. The van der Waals surface area contributed by atoms with E-state index in [0.717, 1.165) is 16.7 Å². The minimum atomic E-state index is -3.89. The number of rotatable bonds is 7. The Morgan fingerprint density at radius 3 is 2.33 bits per heavy atom. The maximum Gasteiger partial charge on any atom is 0.254 e. The maximum absolute atomic E-state index is 13.9. The predicted molar refractivity (Wildman–Crippen MR) is 150 cm³/mol. The van der Waals surface area contributed by atoms with E-state index in [-0.39, 0.29) is 48.8 Å². The van der Waals surface area contributed by atoms with E-state index in [1.807, 2.05) is 49.4 Å². The van der Waals surface area contributed by atoms with E-state index in [1.165, 1.54) is 24.5 Å². The molecule has 1 amide bonds. The van der Waals surface area contributed by atoms with Crippen LogP contribution >= 0.6 is 0 Å². The van der Waals surface area contributed by atoms with Gasteiger partial charge in [-0.3, -0.25) is 4.79 Å². The highest BCUT2D eigenvalue weighted by molar-refractivity contribution is 7.89. The lowest BCUT2D eigenvalue weighted by atomic mass is 9.94. The minimum Gasteiger partial charge on any atom is -0.495 e. The second-order valence-corrected chi connectivity index (χ2v) is 12.0. The zero-order valence-corrected chi connectivity index (χ0v) is 23.6. The monoisotopic (exact) mass is 552 g/mol. The molecule has 3 aromatic rings. The molecule has 0 radical (unpaired) electrons. The first-order chi connectivity index (χ1) is 18.7. The molecule has 0 bridgehead atoms. The van der Waals surface area contributed by atoms with Crippen molar-refractivity contribution in [3.8, 4) is 16.9 Å². The Bertz CT molecular complexity index is 1410. The second kappa shape index (κ2) is 12.3. The van der Waals surface area contributed by atoms with Gasteiger partial charge in [-0.2, -0.15) is 4.31 Å². The van der Waals surface area contributed by atoms with Crippen LogP contribution in [0.4, 0.5) is 0 Å². The van der Waals surface area contributed by atoms with Gasteiger partial charge in [0.25, 0.3) is 5.91 Å². The summed E-state index contributed by atoms with van der Waals surface area (Å²) < 4.78 is 40.1. The lowest BCUT2D eigenvalue weighted by Gasteiger charge is -2.35. The van der Waals surface area contributed by atoms with E-state index in [0.29, 0.717) is 5.56 Å². The van der Waals surface area contributed by atoms with E-state index in [4.69, 9.17) is 9.47 Å². The summed E-state index contributed by atoms with van der Waals surface area (Å²) in [5.41, 5.74) is 3.11. The number of likely N-dealkylation sites (N-methyl/N-ethyl adjacent to an activating group) is 1. The van der Waals surface area contributed by atoms with Gasteiger partial charge in [-0.15, -0.1) is 0 Å². The van der Waals surface area contributed by atoms with Gasteiger partial charge in [0, 0.05) is 31.6 Å². The van der Waals surface area contributed by atoms with Crippen LogP contribution in [0.25, 0.3) is 11.1 Å². The molecule has 1 heterocycles. The molecule has 4 rings (SSSR count). The second-order valence-electron chi connectivity index (χ2n) is 9.95. The quantitative estimate of drug-likeness (QED) is 0.475. The number of benzene rings is 3. The first-order valence-corrected chi connectivity index (χ1v) is 14.4. The van der Waals surface area contributed by atoms with Crippen molar-refractivity contribution in [1.82, 2.24) is 9.21 Å². The number of carbonyl (C=O) groups is 1. The number of amides is 1. The highest BCUT2D eigenvalue weighted by Gasteiger charge is 2.33. The fraction of sp³-hybridized carbons (Fsp3) is 0.367. The average Bonchev–Trinajstić information content (AvgIpc) is 2.98. The summed E-state index contributed by atoms with van der Waals surface area (Å²) in [6, 6.07) is 21.3. The van der Waals surface area contributed by atoms with E-state index >= 15 is 0 Å². The lowest BCUT2D eigenvalue weighted by molar-refractivity contribution is -0.0146. The Kier molecular flexibility index (Phi) is 9.07. The Balaban J connectivity index is 1.74. The van der Waals surface area contributed by atoms with Gasteiger partial charge in [-0.1, -0.05) is 61.5 Å². The largest absolute Gasteiger partial charge is 0.495 e. The van der Waals surface area contributed by atoms with Gasteiger partial charge < -0.3 is 19.5 Å². The predicted octanol–water partition coefficient (Wildman–Crippen LogP) is 4.04. The molecule has 8 nitrogen and oxygen atoms in total. The Morgan fingerprint density at radius 1 is 1.03 bits per heavy atom. The molecule has 208 valence electrons. The number of aliphatic hydroxyl groups excluding tert-OH is 1. The van der Waals surface area contributed by atoms with Gasteiger partial charge in [-0.25, -0.2) is 8.42 Å².